The number of nitrogens with one attached hydrogen (secondary N) is 1. The summed E-state index contributed by atoms with van der Waals surface area (Å²) in [6, 6.07) is 6.73. The summed E-state index contributed by atoms with van der Waals surface area (Å²) in [4.78, 5) is 26.6. The first-order valence-electron chi connectivity index (χ1n) is 5.92. The Morgan fingerprint density at radius 2 is 2.00 bits per heavy atom. The van der Waals surface area contributed by atoms with Gasteiger partial charge in [0.1, 0.15) is 5.75 Å². The smallest absolute Gasteiger partial charge is 0.255 e. The molecule has 0 bridgehead atoms. The number of halogens is 1. The van der Waals surface area contributed by atoms with Gasteiger partial charge >= 0.3 is 0 Å². The van der Waals surface area contributed by atoms with E-state index in [4.69, 9.17) is 10.5 Å². The number of nitrogens with zero attached hydrogens (tertiary/aromatic N) is 1. The molecule has 0 aliphatic carbocycles. The third-order valence-electron chi connectivity index (χ3n) is 2.72. The van der Waals surface area contributed by atoms with E-state index in [0.717, 1.165) is 6.07 Å². The zero-order valence-corrected chi connectivity index (χ0v) is 11.1. The first-order chi connectivity index (χ1) is 10.0. The van der Waals surface area contributed by atoms with Gasteiger partial charge in [0, 0.05) is 23.4 Å². The highest BCUT2D eigenvalue weighted by molar-refractivity contribution is 6.05. The molecule has 108 valence electrons. The Hall–Kier alpha value is -2.96. The lowest BCUT2D eigenvalue weighted by Gasteiger charge is -2.11. The van der Waals surface area contributed by atoms with Crippen molar-refractivity contribution in [3.8, 4) is 5.75 Å². The first-order valence-corrected chi connectivity index (χ1v) is 5.92. The van der Waals surface area contributed by atoms with Crippen LogP contribution in [0.5, 0.6) is 5.75 Å². The van der Waals surface area contributed by atoms with E-state index in [1.54, 1.807) is 0 Å². The van der Waals surface area contributed by atoms with E-state index in [1.165, 1.54) is 37.6 Å². The van der Waals surface area contributed by atoms with Crippen LogP contribution in [-0.2, 0) is 0 Å². The van der Waals surface area contributed by atoms with Gasteiger partial charge in [-0.2, -0.15) is 4.39 Å². The van der Waals surface area contributed by atoms with E-state index < -0.39 is 17.8 Å². The molecule has 0 fully saturated rings. The maximum atomic E-state index is 13.0. The largest absolute Gasteiger partial charge is 0.495 e. The van der Waals surface area contributed by atoms with Gasteiger partial charge in [0.2, 0.25) is 11.9 Å². The van der Waals surface area contributed by atoms with Crippen molar-refractivity contribution in [2.24, 2.45) is 5.73 Å². The topological polar surface area (TPSA) is 94.3 Å². The van der Waals surface area contributed by atoms with E-state index in [-0.39, 0.29) is 16.8 Å². The second kappa shape index (κ2) is 6.00. The molecule has 1 heterocycles. The van der Waals surface area contributed by atoms with Crippen molar-refractivity contribution in [1.82, 2.24) is 4.98 Å². The van der Waals surface area contributed by atoms with Crippen LogP contribution in [-0.4, -0.2) is 23.9 Å². The summed E-state index contributed by atoms with van der Waals surface area (Å²) in [7, 11) is 1.42. The number of benzene rings is 1. The predicted octanol–water partition coefficient (Wildman–Crippen LogP) is 1.58. The normalized spacial score (nSPS) is 10.0. The minimum absolute atomic E-state index is 0.0917. The molecule has 7 heteroatoms. The average Bonchev–Trinajstić information content (AvgIpc) is 2.47. The number of methoxy groups -OCH3 is 1. The van der Waals surface area contributed by atoms with Crippen LogP contribution in [0.2, 0.25) is 0 Å². The maximum absolute atomic E-state index is 13.0. The Morgan fingerprint density at radius 3 is 2.62 bits per heavy atom. The number of amides is 2. The average molecular weight is 289 g/mol. The summed E-state index contributed by atoms with van der Waals surface area (Å²) in [5.74, 6) is -1.61. The van der Waals surface area contributed by atoms with E-state index in [2.05, 4.69) is 10.3 Å². The van der Waals surface area contributed by atoms with Crippen molar-refractivity contribution >= 4 is 17.5 Å². The molecule has 0 aliphatic heterocycles. The Morgan fingerprint density at radius 1 is 1.24 bits per heavy atom. The molecular formula is C14H12FN3O3. The molecule has 3 N–H and O–H groups in total. The van der Waals surface area contributed by atoms with E-state index >= 15 is 0 Å². The quantitative estimate of drug-likeness (QED) is 0.835. The number of anilines is 1. The molecule has 6 nitrogen and oxygen atoms in total. The fourth-order valence-corrected chi connectivity index (χ4v) is 1.70. The highest BCUT2D eigenvalue weighted by Crippen LogP contribution is 2.26. The van der Waals surface area contributed by atoms with Crippen molar-refractivity contribution in [2.75, 3.05) is 12.4 Å². The first kappa shape index (κ1) is 14.4. The number of primary amides is 1. The monoisotopic (exact) mass is 289 g/mol. The summed E-state index contributed by atoms with van der Waals surface area (Å²) in [6.07, 6.45) is 1.18. The summed E-state index contributed by atoms with van der Waals surface area (Å²) >= 11 is 0. The van der Waals surface area contributed by atoms with Crippen LogP contribution in [0.4, 0.5) is 10.1 Å². The maximum Gasteiger partial charge on any atom is 0.255 e. The number of hydrogen-bond donors (Lipinski definition) is 2. The number of carbonyl (C=O) groups is 2. The fourth-order valence-electron chi connectivity index (χ4n) is 1.70. The molecule has 0 radical (unpaired) electrons. The molecule has 0 saturated carbocycles. The fraction of sp³-hybridized carbons (Fsp3) is 0.0714. The number of hydrogen-bond acceptors (Lipinski definition) is 4. The van der Waals surface area contributed by atoms with Crippen LogP contribution in [0.25, 0.3) is 0 Å². The number of nitrogens with two attached hydrogens (primary N) is 1. The Bertz CT molecular complexity index is 704. The van der Waals surface area contributed by atoms with E-state index in [9.17, 15) is 14.0 Å². The van der Waals surface area contributed by atoms with Gasteiger partial charge in [-0.25, -0.2) is 4.98 Å². The lowest BCUT2D eigenvalue weighted by atomic mass is 10.1. The SMILES string of the molecule is COc1ccc(C(N)=O)cc1NC(=O)c1ccnc(F)c1. The molecule has 0 aliphatic rings. The van der Waals surface area contributed by atoms with Gasteiger partial charge in [-0.1, -0.05) is 0 Å². The summed E-state index contributed by atoms with van der Waals surface area (Å²) in [5, 5.41) is 2.53. The third-order valence-corrected chi connectivity index (χ3v) is 2.72. The van der Waals surface area contributed by atoms with Gasteiger partial charge < -0.3 is 15.8 Å². The number of pyridine rings is 1. The lowest BCUT2D eigenvalue weighted by Crippen LogP contribution is -2.15. The van der Waals surface area contributed by atoms with Crippen LogP contribution in [0.3, 0.4) is 0 Å². The summed E-state index contributed by atoms with van der Waals surface area (Å²) < 4.78 is 18.1. The van der Waals surface area contributed by atoms with Crippen molar-refractivity contribution in [2.45, 2.75) is 0 Å². The number of carbonyl (C=O) groups excluding carboxylic acids is 2. The second-order valence-corrected chi connectivity index (χ2v) is 4.10. The molecule has 21 heavy (non-hydrogen) atoms. The number of aromatic nitrogens is 1. The van der Waals surface area contributed by atoms with Crippen molar-refractivity contribution in [3.63, 3.8) is 0 Å². The Balaban J connectivity index is 2.31. The lowest BCUT2D eigenvalue weighted by molar-refractivity contribution is 0.0996. The molecule has 0 saturated heterocycles. The Kier molecular flexibility index (Phi) is 4.13. The van der Waals surface area contributed by atoms with Crippen molar-refractivity contribution in [1.29, 1.82) is 0 Å². The second-order valence-electron chi connectivity index (χ2n) is 4.10. The summed E-state index contributed by atoms with van der Waals surface area (Å²) in [6.45, 7) is 0. The summed E-state index contributed by atoms with van der Waals surface area (Å²) in [5.41, 5.74) is 5.75. The van der Waals surface area contributed by atoms with Gasteiger partial charge in [-0.05, 0) is 24.3 Å². The molecule has 2 rings (SSSR count). The number of ether oxygens (including phenoxy) is 1. The standard InChI is InChI=1S/C14H12FN3O3/c1-21-11-3-2-8(13(16)19)6-10(11)18-14(20)9-4-5-17-12(15)7-9/h2-7H,1H3,(H2,16,19)(H,18,20). The zero-order valence-electron chi connectivity index (χ0n) is 11.1. The molecule has 1 aromatic heterocycles. The van der Waals surface area contributed by atoms with Crippen molar-refractivity contribution in [3.05, 3.63) is 53.6 Å². The van der Waals surface area contributed by atoms with E-state index in [0.29, 0.717) is 5.75 Å². The van der Waals surface area contributed by atoms with Gasteiger partial charge in [0.15, 0.2) is 0 Å². The third kappa shape index (κ3) is 3.33. The van der Waals surface area contributed by atoms with Gasteiger partial charge in [-0.15, -0.1) is 0 Å². The highest BCUT2D eigenvalue weighted by atomic mass is 19.1. The number of rotatable bonds is 4. The van der Waals surface area contributed by atoms with Crippen LogP contribution in [0, 0.1) is 5.95 Å². The molecule has 0 unspecified atom stereocenters. The predicted molar refractivity (Wildman–Crippen MR) is 73.7 cm³/mol. The van der Waals surface area contributed by atoms with Crippen LogP contribution in [0.1, 0.15) is 20.7 Å². The minimum Gasteiger partial charge on any atom is -0.495 e. The zero-order chi connectivity index (χ0) is 15.4. The van der Waals surface area contributed by atoms with Crippen LogP contribution >= 0.6 is 0 Å². The molecule has 2 amide bonds. The van der Waals surface area contributed by atoms with E-state index in [1.807, 2.05) is 0 Å². The van der Waals surface area contributed by atoms with Crippen molar-refractivity contribution < 1.29 is 18.7 Å². The van der Waals surface area contributed by atoms with Crippen LogP contribution in [0.15, 0.2) is 36.5 Å². The molecule has 1 aromatic carbocycles. The Labute approximate surface area is 119 Å². The molecule has 2 aromatic rings. The van der Waals surface area contributed by atoms with Gasteiger partial charge in [0.05, 0.1) is 12.8 Å². The van der Waals surface area contributed by atoms with Gasteiger partial charge in [-0.3, -0.25) is 9.59 Å². The molecule has 0 atom stereocenters. The van der Waals surface area contributed by atoms with Crippen LogP contribution < -0.4 is 15.8 Å². The molecule has 0 spiro atoms. The minimum atomic E-state index is -0.763. The molecular weight excluding hydrogens is 277 g/mol. The van der Waals surface area contributed by atoms with Gasteiger partial charge in [0.25, 0.3) is 5.91 Å². The highest BCUT2D eigenvalue weighted by Gasteiger charge is 2.13.